The van der Waals surface area contributed by atoms with Gasteiger partial charge >= 0.3 is 6.18 Å². The minimum atomic E-state index is -4.59. The molecule has 2 N–H and O–H groups in total. The maximum Gasteiger partial charge on any atom is 0.433 e. The second-order valence-corrected chi connectivity index (χ2v) is 6.53. The van der Waals surface area contributed by atoms with Crippen molar-refractivity contribution in [3.8, 4) is 0 Å². The average Bonchev–Trinajstić information content (AvgIpc) is 3.10. The van der Waals surface area contributed by atoms with E-state index in [2.05, 4.69) is 10.4 Å². The standard InChI is InChI=1S/C17H18F4N4O2/c1-24-8-9(12-7-13(17(19,20)21)25(2)23-12)14(16(24)27)15(26)22-11-6-4-3-5-10(11)18/h3-7,9,14,16,27H,8H2,1-2H3,(H,22,26)/t9-,14+,16?/m1/s1. The van der Waals surface area contributed by atoms with Gasteiger partial charge in [-0.2, -0.15) is 18.3 Å². The minimum Gasteiger partial charge on any atom is -0.378 e. The van der Waals surface area contributed by atoms with Crippen molar-refractivity contribution in [2.24, 2.45) is 13.0 Å². The largest absolute Gasteiger partial charge is 0.433 e. The maximum atomic E-state index is 13.8. The summed E-state index contributed by atoms with van der Waals surface area (Å²) in [5.74, 6) is -3.23. The molecule has 1 amide bonds. The molecule has 27 heavy (non-hydrogen) atoms. The van der Waals surface area contributed by atoms with Gasteiger partial charge < -0.3 is 10.4 Å². The number of alkyl halides is 3. The number of aliphatic hydroxyl groups excluding tert-OH is 1. The molecule has 1 saturated heterocycles. The van der Waals surface area contributed by atoms with Gasteiger partial charge in [0.1, 0.15) is 17.7 Å². The van der Waals surface area contributed by atoms with Crippen LogP contribution in [0.5, 0.6) is 0 Å². The van der Waals surface area contributed by atoms with Crippen molar-refractivity contribution in [3.05, 3.63) is 47.5 Å². The fourth-order valence-electron chi connectivity index (χ4n) is 3.32. The van der Waals surface area contributed by atoms with Crippen LogP contribution in [0.4, 0.5) is 23.2 Å². The smallest absolute Gasteiger partial charge is 0.378 e. The van der Waals surface area contributed by atoms with Crippen molar-refractivity contribution in [2.45, 2.75) is 18.3 Å². The Hall–Kier alpha value is -2.46. The van der Waals surface area contributed by atoms with Crippen LogP contribution in [0.1, 0.15) is 17.3 Å². The van der Waals surface area contributed by atoms with Crippen LogP contribution in [0.15, 0.2) is 30.3 Å². The molecular formula is C17H18F4N4O2. The predicted molar refractivity (Wildman–Crippen MR) is 88.1 cm³/mol. The number of nitrogens with one attached hydrogen (secondary N) is 1. The molecule has 1 fully saturated rings. The van der Waals surface area contributed by atoms with Crippen LogP contribution in [-0.2, 0) is 18.0 Å². The van der Waals surface area contributed by atoms with Crippen LogP contribution in [0.3, 0.4) is 0 Å². The van der Waals surface area contributed by atoms with Gasteiger partial charge in [0, 0.05) is 19.5 Å². The topological polar surface area (TPSA) is 70.4 Å². The molecule has 2 heterocycles. The van der Waals surface area contributed by atoms with Crippen molar-refractivity contribution < 1.29 is 27.5 Å². The summed E-state index contributed by atoms with van der Waals surface area (Å²) in [5.41, 5.74) is -0.975. The fraction of sp³-hybridized carbons (Fsp3) is 0.412. The summed E-state index contributed by atoms with van der Waals surface area (Å²) < 4.78 is 53.6. The van der Waals surface area contributed by atoms with E-state index >= 15 is 0 Å². The summed E-state index contributed by atoms with van der Waals surface area (Å²) in [4.78, 5) is 14.1. The zero-order chi connectivity index (χ0) is 19.9. The summed E-state index contributed by atoms with van der Waals surface area (Å²) in [6.07, 6.45) is -5.83. The Kier molecular flexibility index (Phi) is 4.96. The van der Waals surface area contributed by atoms with Gasteiger partial charge in [-0.3, -0.25) is 14.4 Å². The Bertz CT molecular complexity index is 852. The first-order valence-electron chi connectivity index (χ1n) is 8.14. The Morgan fingerprint density at radius 2 is 1.96 bits per heavy atom. The molecule has 2 aromatic rings. The molecular weight excluding hydrogens is 368 g/mol. The van der Waals surface area contributed by atoms with E-state index in [1.54, 1.807) is 7.05 Å². The van der Waals surface area contributed by atoms with E-state index in [1.807, 2.05) is 0 Å². The number of anilines is 1. The number of aliphatic hydroxyl groups is 1. The van der Waals surface area contributed by atoms with Crippen LogP contribution in [-0.4, -0.2) is 45.5 Å². The van der Waals surface area contributed by atoms with Crippen LogP contribution >= 0.6 is 0 Å². The van der Waals surface area contributed by atoms with Crippen LogP contribution in [0, 0.1) is 11.7 Å². The van der Waals surface area contributed by atoms with Crippen molar-refractivity contribution in [2.75, 3.05) is 18.9 Å². The van der Waals surface area contributed by atoms with Crippen LogP contribution in [0.2, 0.25) is 0 Å². The third kappa shape index (κ3) is 3.67. The van der Waals surface area contributed by atoms with E-state index < -0.39 is 41.7 Å². The number of aryl methyl sites for hydroxylation is 1. The zero-order valence-corrected chi connectivity index (χ0v) is 14.5. The summed E-state index contributed by atoms with van der Waals surface area (Å²) in [5, 5.41) is 16.6. The molecule has 1 aliphatic rings. The molecule has 3 rings (SSSR count). The summed E-state index contributed by atoms with van der Waals surface area (Å²) in [7, 11) is 2.71. The molecule has 1 aromatic carbocycles. The number of para-hydroxylation sites is 1. The molecule has 0 aliphatic carbocycles. The highest BCUT2D eigenvalue weighted by atomic mass is 19.4. The Labute approximate surface area is 152 Å². The van der Waals surface area contributed by atoms with Crippen molar-refractivity contribution in [3.63, 3.8) is 0 Å². The number of carbonyl (C=O) groups is 1. The van der Waals surface area contributed by atoms with E-state index in [4.69, 9.17) is 0 Å². The fourth-order valence-corrected chi connectivity index (χ4v) is 3.32. The lowest BCUT2D eigenvalue weighted by molar-refractivity contribution is -0.143. The second-order valence-electron chi connectivity index (χ2n) is 6.53. The molecule has 3 atom stereocenters. The second kappa shape index (κ2) is 6.93. The van der Waals surface area contributed by atoms with Gasteiger partial charge in [0.15, 0.2) is 0 Å². The quantitative estimate of drug-likeness (QED) is 0.794. The lowest BCUT2D eigenvalue weighted by Crippen LogP contribution is -2.36. The van der Waals surface area contributed by atoms with Crippen molar-refractivity contribution in [1.29, 1.82) is 0 Å². The highest BCUT2D eigenvalue weighted by Crippen LogP contribution is 2.38. The van der Waals surface area contributed by atoms with Gasteiger partial charge in [0.05, 0.1) is 17.3 Å². The molecule has 1 aromatic heterocycles. The Morgan fingerprint density at radius 3 is 2.56 bits per heavy atom. The highest BCUT2D eigenvalue weighted by Gasteiger charge is 2.46. The molecule has 6 nitrogen and oxygen atoms in total. The summed E-state index contributed by atoms with van der Waals surface area (Å²) in [6, 6.07) is 6.38. The number of hydrogen-bond donors (Lipinski definition) is 2. The number of rotatable bonds is 3. The van der Waals surface area contributed by atoms with E-state index in [1.165, 1.54) is 29.2 Å². The molecule has 0 radical (unpaired) electrons. The van der Waals surface area contributed by atoms with Gasteiger partial charge in [0.2, 0.25) is 5.91 Å². The molecule has 0 saturated carbocycles. The zero-order valence-electron chi connectivity index (χ0n) is 14.5. The number of likely N-dealkylation sites (N-methyl/N-ethyl adjacent to an activating group) is 1. The molecule has 1 unspecified atom stereocenters. The number of nitrogens with zero attached hydrogens (tertiary/aromatic N) is 3. The van der Waals surface area contributed by atoms with Gasteiger partial charge in [-0.1, -0.05) is 12.1 Å². The molecule has 1 aliphatic heterocycles. The van der Waals surface area contributed by atoms with Crippen LogP contribution < -0.4 is 5.32 Å². The lowest BCUT2D eigenvalue weighted by atomic mass is 9.90. The van der Waals surface area contributed by atoms with Gasteiger partial charge in [-0.25, -0.2) is 4.39 Å². The lowest BCUT2D eigenvalue weighted by Gasteiger charge is -2.20. The minimum absolute atomic E-state index is 0.0434. The molecule has 0 spiro atoms. The third-order valence-electron chi connectivity index (χ3n) is 4.69. The number of carbonyl (C=O) groups excluding carboxylic acids is 1. The number of benzene rings is 1. The first kappa shape index (κ1) is 19.3. The van der Waals surface area contributed by atoms with Crippen LogP contribution in [0.25, 0.3) is 0 Å². The number of aromatic nitrogens is 2. The normalized spacial score (nSPS) is 23.6. The summed E-state index contributed by atoms with van der Waals surface area (Å²) in [6.45, 7) is 0.130. The number of hydrogen-bond acceptors (Lipinski definition) is 4. The third-order valence-corrected chi connectivity index (χ3v) is 4.69. The monoisotopic (exact) mass is 386 g/mol. The average molecular weight is 386 g/mol. The van der Waals surface area contributed by atoms with E-state index in [0.29, 0.717) is 4.68 Å². The van der Waals surface area contributed by atoms with E-state index in [-0.39, 0.29) is 17.9 Å². The Balaban J connectivity index is 1.91. The van der Waals surface area contributed by atoms with E-state index in [0.717, 1.165) is 13.1 Å². The van der Waals surface area contributed by atoms with Gasteiger partial charge in [-0.05, 0) is 25.2 Å². The number of halogens is 4. The molecule has 146 valence electrons. The molecule has 10 heteroatoms. The predicted octanol–water partition coefficient (Wildman–Crippen LogP) is 2.18. The highest BCUT2D eigenvalue weighted by molar-refractivity contribution is 5.93. The van der Waals surface area contributed by atoms with E-state index in [9.17, 15) is 27.5 Å². The summed E-state index contributed by atoms with van der Waals surface area (Å²) >= 11 is 0. The van der Waals surface area contributed by atoms with Gasteiger partial charge in [-0.15, -0.1) is 0 Å². The number of amides is 1. The first-order valence-corrected chi connectivity index (χ1v) is 8.14. The SMILES string of the molecule is CN1C[C@H](c2cc(C(F)(F)F)n(C)n2)[C@@H](C(=O)Nc2ccccc2F)C1O. The van der Waals surface area contributed by atoms with Crippen molar-refractivity contribution >= 4 is 11.6 Å². The first-order chi connectivity index (χ1) is 12.6. The Morgan fingerprint density at radius 1 is 1.30 bits per heavy atom. The molecule has 0 bridgehead atoms. The van der Waals surface area contributed by atoms with Crippen molar-refractivity contribution in [1.82, 2.24) is 14.7 Å². The number of likely N-dealkylation sites (tertiary alicyclic amines) is 1. The van der Waals surface area contributed by atoms with Gasteiger partial charge in [0.25, 0.3) is 0 Å². The maximum absolute atomic E-state index is 13.8.